The Morgan fingerprint density at radius 3 is 2.42 bits per heavy atom. The summed E-state index contributed by atoms with van der Waals surface area (Å²) in [5.74, 6) is 0. The van der Waals surface area contributed by atoms with E-state index in [2.05, 4.69) is 17.6 Å². The topological polar surface area (TPSA) is 44.3 Å². The van der Waals surface area contributed by atoms with Crippen LogP contribution in [0.5, 0.6) is 0 Å². The first-order valence-electron chi connectivity index (χ1n) is 4.84. The zero-order chi connectivity index (χ0) is 9.40. The Kier molecular flexibility index (Phi) is 7.45. The van der Waals surface area contributed by atoms with Crippen LogP contribution in [0.2, 0.25) is 0 Å². The Balaban J connectivity index is 3.14. The maximum absolute atomic E-state index is 8.97. The van der Waals surface area contributed by atoms with Crippen LogP contribution in [0.1, 0.15) is 40.0 Å². The van der Waals surface area contributed by atoms with Crippen LogP contribution in [-0.4, -0.2) is 24.0 Å². The normalized spacial score (nSPS) is 16.0. The standard InChI is InChI=1S/C9H22N2O/c1-4-5-6-7-10-8(2)11-9(3)12/h8-12H,4-7H2,1-3H3. The molecule has 3 heteroatoms. The molecule has 3 N–H and O–H groups in total. The quantitative estimate of drug-likeness (QED) is 0.399. The van der Waals surface area contributed by atoms with E-state index in [1.54, 1.807) is 6.92 Å². The SMILES string of the molecule is CCCCCNC(C)NC(C)O. The van der Waals surface area contributed by atoms with Crippen molar-refractivity contribution >= 4 is 0 Å². The van der Waals surface area contributed by atoms with Crippen molar-refractivity contribution in [3.63, 3.8) is 0 Å². The van der Waals surface area contributed by atoms with E-state index in [4.69, 9.17) is 5.11 Å². The van der Waals surface area contributed by atoms with Gasteiger partial charge in [0.2, 0.25) is 0 Å². The van der Waals surface area contributed by atoms with E-state index in [-0.39, 0.29) is 6.17 Å². The zero-order valence-electron chi connectivity index (χ0n) is 8.43. The van der Waals surface area contributed by atoms with Crippen molar-refractivity contribution in [3.05, 3.63) is 0 Å². The Hall–Kier alpha value is -0.120. The monoisotopic (exact) mass is 174 g/mol. The smallest absolute Gasteiger partial charge is 0.103 e. The average molecular weight is 174 g/mol. The van der Waals surface area contributed by atoms with Crippen molar-refractivity contribution in [1.82, 2.24) is 10.6 Å². The Morgan fingerprint density at radius 2 is 1.92 bits per heavy atom. The number of hydrogen-bond acceptors (Lipinski definition) is 3. The summed E-state index contributed by atoms with van der Waals surface area (Å²) >= 11 is 0. The van der Waals surface area contributed by atoms with Gasteiger partial charge in [0.15, 0.2) is 0 Å². The van der Waals surface area contributed by atoms with Crippen LogP contribution >= 0.6 is 0 Å². The molecule has 3 nitrogen and oxygen atoms in total. The molecule has 2 unspecified atom stereocenters. The molecule has 0 aromatic carbocycles. The predicted octanol–water partition coefficient (Wildman–Crippen LogP) is 1.04. The van der Waals surface area contributed by atoms with Crippen molar-refractivity contribution < 1.29 is 5.11 Å². The molecule has 0 bridgehead atoms. The molecule has 0 rings (SSSR count). The lowest BCUT2D eigenvalue weighted by Gasteiger charge is -2.17. The van der Waals surface area contributed by atoms with Gasteiger partial charge in [-0.25, -0.2) is 0 Å². The van der Waals surface area contributed by atoms with Gasteiger partial charge in [0, 0.05) is 0 Å². The van der Waals surface area contributed by atoms with Crippen LogP contribution in [0.15, 0.2) is 0 Å². The van der Waals surface area contributed by atoms with E-state index in [0.717, 1.165) is 6.54 Å². The van der Waals surface area contributed by atoms with Crippen molar-refractivity contribution in [2.75, 3.05) is 6.54 Å². The largest absolute Gasteiger partial charge is 0.379 e. The lowest BCUT2D eigenvalue weighted by molar-refractivity contribution is 0.136. The Morgan fingerprint density at radius 1 is 1.25 bits per heavy atom. The van der Waals surface area contributed by atoms with Crippen LogP contribution in [0.25, 0.3) is 0 Å². The van der Waals surface area contributed by atoms with Gasteiger partial charge in [0.1, 0.15) is 6.23 Å². The second kappa shape index (κ2) is 7.53. The van der Waals surface area contributed by atoms with E-state index in [0.29, 0.717) is 0 Å². The summed E-state index contributed by atoms with van der Waals surface area (Å²) in [5.41, 5.74) is 0. The molecule has 74 valence electrons. The molecule has 0 fully saturated rings. The minimum atomic E-state index is -0.432. The van der Waals surface area contributed by atoms with Crippen LogP contribution in [-0.2, 0) is 0 Å². The highest BCUT2D eigenvalue weighted by atomic mass is 16.3. The number of hydrogen-bond donors (Lipinski definition) is 3. The molecule has 0 amide bonds. The first-order chi connectivity index (χ1) is 5.66. The van der Waals surface area contributed by atoms with Gasteiger partial charge in [-0.3, -0.25) is 5.32 Å². The lowest BCUT2D eigenvalue weighted by Crippen LogP contribution is -2.44. The summed E-state index contributed by atoms with van der Waals surface area (Å²) in [4.78, 5) is 0. The average Bonchev–Trinajstić information content (AvgIpc) is 1.97. The van der Waals surface area contributed by atoms with E-state index >= 15 is 0 Å². The van der Waals surface area contributed by atoms with E-state index in [1.165, 1.54) is 19.3 Å². The highest BCUT2D eigenvalue weighted by Gasteiger charge is 2.01. The first kappa shape index (κ1) is 11.9. The molecule has 0 saturated carbocycles. The molecule has 12 heavy (non-hydrogen) atoms. The molecular formula is C9H22N2O. The maximum atomic E-state index is 8.97. The summed E-state index contributed by atoms with van der Waals surface area (Å²) in [5, 5.41) is 15.2. The molecule has 0 aromatic rings. The highest BCUT2D eigenvalue weighted by Crippen LogP contribution is 1.91. The Labute approximate surface area is 75.6 Å². The van der Waals surface area contributed by atoms with Crippen molar-refractivity contribution in [2.45, 2.75) is 52.4 Å². The van der Waals surface area contributed by atoms with Crippen LogP contribution in [0.4, 0.5) is 0 Å². The third-order valence-corrected chi connectivity index (χ3v) is 1.72. The second-order valence-corrected chi connectivity index (χ2v) is 3.23. The third-order valence-electron chi connectivity index (χ3n) is 1.72. The van der Waals surface area contributed by atoms with Crippen molar-refractivity contribution in [1.29, 1.82) is 0 Å². The van der Waals surface area contributed by atoms with Gasteiger partial charge in [0.25, 0.3) is 0 Å². The fourth-order valence-corrected chi connectivity index (χ4v) is 1.11. The van der Waals surface area contributed by atoms with Gasteiger partial charge in [-0.2, -0.15) is 0 Å². The number of rotatable bonds is 7. The fourth-order valence-electron chi connectivity index (χ4n) is 1.11. The first-order valence-corrected chi connectivity index (χ1v) is 4.84. The molecular weight excluding hydrogens is 152 g/mol. The molecule has 0 aliphatic rings. The van der Waals surface area contributed by atoms with Crippen LogP contribution in [0.3, 0.4) is 0 Å². The van der Waals surface area contributed by atoms with Crippen LogP contribution < -0.4 is 10.6 Å². The molecule has 0 radical (unpaired) electrons. The van der Waals surface area contributed by atoms with Crippen molar-refractivity contribution in [3.8, 4) is 0 Å². The maximum Gasteiger partial charge on any atom is 0.103 e. The molecule has 0 saturated heterocycles. The van der Waals surface area contributed by atoms with E-state index in [1.807, 2.05) is 6.92 Å². The number of nitrogens with one attached hydrogen (secondary N) is 2. The van der Waals surface area contributed by atoms with Crippen LogP contribution in [0, 0.1) is 0 Å². The third kappa shape index (κ3) is 7.98. The minimum absolute atomic E-state index is 0.196. The van der Waals surface area contributed by atoms with E-state index < -0.39 is 6.23 Å². The predicted molar refractivity (Wildman–Crippen MR) is 51.8 cm³/mol. The van der Waals surface area contributed by atoms with E-state index in [9.17, 15) is 0 Å². The van der Waals surface area contributed by atoms with Crippen molar-refractivity contribution in [2.24, 2.45) is 0 Å². The summed E-state index contributed by atoms with van der Waals surface area (Å²) < 4.78 is 0. The van der Waals surface area contributed by atoms with Gasteiger partial charge in [-0.05, 0) is 26.8 Å². The van der Waals surface area contributed by atoms with Gasteiger partial charge < -0.3 is 10.4 Å². The molecule has 0 spiro atoms. The summed E-state index contributed by atoms with van der Waals surface area (Å²) in [6, 6.07) is 0. The number of unbranched alkanes of at least 4 members (excludes halogenated alkanes) is 2. The second-order valence-electron chi connectivity index (χ2n) is 3.23. The molecule has 0 aromatic heterocycles. The molecule has 0 heterocycles. The summed E-state index contributed by atoms with van der Waals surface area (Å²) in [6.07, 6.45) is 3.50. The lowest BCUT2D eigenvalue weighted by atomic mass is 10.2. The highest BCUT2D eigenvalue weighted by molar-refractivity contribution is 4.58. The summed E-state index contributed by atoms with van der Waals surface area (Å²) in [6.45, 7) is 6.95. The zero-order valence-corrected chi connectivity index (χ0v) is 8.43. The Bertz CT molecular complexity index is 96.5. The van der Waals surface area contributed by atoms with Gasteiger partial charge in [-0.15, -0.1) is 0 Å². The number of aliphatic hydroxyl groups excluding tert-OH is 1. The minimum Gasteiger partial charge on any atom is -0.379 e. The van der Waals surface area contributed by atoms with Gasteiger partial charge in [0.05, 0.1) is 6.17 Å². The van der Waals surface area contributed by atoms with Gasteiger partial charge >= 0.3 is 0 Å². The molecule has 0 aliphatic carbocycles. The number of aliphatic hydroxyl groups is 1. The molecule has 0 aliphatic heterocycles. The fraction of sp³-hybridized carbons (Fsp3) is 1.00. The summed E-state index contributed by atoms with van der Waals surface area (Å²) in [7, 11) is 0. The van der Waals surface area contributed by atoms with Gasteiger partial charge in [-0.1, -0.05) is 19.8 Å². The molecule has 2 atom stereocenters.